The summed E-state index contributed by atoms with van der Waals surface area (Å²) in [4.78, 5) is 27.4. The van der Waals surface area contributed by atoms with Gasteiger partial charge in [0.1, 0.15) is 11.3 Å². The first-order valence-electron chi connectivity index (χ1n) is 10.5. The Kier molecular flexibility index (Phi) is 3.59. The van der Waals surface area contributed by atoms with Crippen LogP contribution in [0.25, 0.3) is 11.0 Å². The highest BCUT2D eigenvalue weighted by molar-refractivity contribution is 6.15. The van der Waals surface area contributed by atoms with Gasteiger partial charge in [-0.15, -0.1) is 0 Å². The fraction of sp³-hybridized carbons (Fsp3) is 0.273. The predicted octanol–water partition coefficient (Wildman–Crippen LogP) is 4.04. The topological polar surface area (TPSA) is 70.8 Å². The van der Waals surface area contributed by atoms with E-state index in [1.807, 2.05) is 31.2 Å². The molecule has 27 heavy (non-hydrogen) atoms. The third-order valence-corrected chi connectivity index (χ3v) is 4.82. The van der Waals surface area contributed by atoms with Crippen molar-refractivity contribution in [2.45, 2.75) is 32.6 Å². The lowest BCUT2D eigenvalue weighted by atomic mass is 9.98. The fourth-order valence-electron chi connectivity index (χ4n) is 3.61. The molecular weight excluding hydrogens is 342 g/mol. The lowest BCUT2D eigenvalue weighted by molar-refractivity contribution is 0.0983. The summed E-state index contributed by atoms with van der Waals surface area (Å²) in [6.45, 7) is 2.28. The first-order valence-corrected chi connectivity index (χ1v) is 9.05. The van der Waals surface area contributed by atoms with E-state index >= 15 is 0 Å². The van der Waals surface area contributed by atoms with Crippen molar-refractivity contribution in [1.82, 2.24) is 0 Å². The predicted molar refractivity (Wildman–Crippen MR) is 105 cm³/mol. The summed E-state index contributed by atoms with van der Waals surface area (Å²) in [5.41, 5.74) is 0.482. The molecule has 0 saturated carbocycles. The number of phenols is 1. The molecular formula is C22H21NO4. The molecule has 1 N–H and O–H groups in total. The van der Waals surface area contributed by atoms with Crippen LogP contribution in [0.5, 0.6) is 5.75 Å². The average Bonchev–Trinajstić information content (AvgIpc) is 2.75. The minimum absolute atomic E-state index is 0.0675. The van der Waals surface area contributed by atoms with E-state index in [2.05, 4.69) is 0 Å². The molecule has 0 radical (unpaired) electrons. The first kappa shape index (κ1) is 14.0. The number of carbonyl (C=O) groups excluding carboxylic acids is 1. The largest absolute Gasteiger partial charge is 0.507 e. The number of benzene rings is 2. The van der Waals surface area contributed by atoms with E-state index in [4.69, 9.17) is 8.53 Å². The Morgan fingerprint density at radius 3 is 2.96 bits per heavy atom. The number of rotatable bonds is 3. The molecule has 0 spiro atoms. The van der Waals surface area contributed by atoms with Gasteiger partial charge in [0.25, 0.3) is 5.91 Å². The monoisotopic (exact) mass is 366 g/mol. The normalized spacial score (nSPS) is 15.1. The molecule has 0 saturated heterocycles. The van der Waals surface area contributed by atoms with Gasteiger partial charge in [-0.05, 0) is 48.5 Å². The SMILES string of the molecule is [2H]c1c(O)c(C(=O)N2CCCc3ccccc32)c2oc(=O)c([2H])c(CCC)c2c1[2H]. The Bertz CT molecular complexity index is 1240. The summed E-state index contributed by atoms with van der Waals surface area (Å²) in [5.74, 6) is -1.29. The Morgan fingerprint density at radius 1 is 1.33 bits per heavy atom. The lowest BCUT2D eigenvalue weighted by Crippen LogP contribution is -2.35. The number of anilines is 1. The molecule has 5 heteroatoms. The molecule has 1 aliphatic rings. The number of para-hydroxylation sites is 1. The van der Waals surface area contributed by atoms with Crippen LogP contribution < -0.4 is 10.5 Å². The summed E-state index contributed by atoms with van der Waals surface area (Å²) in [6.07, 6.45) is 2.46. The number of hydrogen-bond donors (Lipinski definition) is 1. The van der Waals surface area contributed by atoms with Crippen molar-refractivity contribution >= 4 is 22.6 Å². The van der Waals surface area contributed by atoms with Crippen molar-refractivity contribution < 1.29 is 18.4 Å². The van der Waals surface area contributed by atoms with Gasteiger partial charge in [-0.3, -0.25) is 4.79 Å². The van der Waals surface area contributed by atoms with Crippen molar-refractivity contribution in [3.05, 3.63) is 69.5 Å². The number of phenolic OH excluding ortho intramolecular Hbond substituents is 1. The van der Waals surface area contributed by atoms with Crippen LogP contribution in [0.15, 0.2) is 51.6 Å². The highest BCUT2D eigenvalue weighted by Crippen LogP contribution is 2.34. The van der Waals surface area contributed by atoms with Crippen LogP contribution >= 0.6 is 0 Å². The van der Waals surface area contributed by atoms with E-state index < -0.39 is 23.3 Å². The van der Waals surface area contributed by atoms with Crippen molar-refractivity contribution in [2.75, 3.05) is 11.4 Å². The zero-order chi connectivity index (χ0) is 21.6. The highest BCUT2D eigenvalue weighted by atomic mass is 16.4. The van der Waals surface area contributed by atoms with Crippen LogP contribution in [0.2, 0.25) is 0 Å². The van der Waals surface area contributed by atoms with E-state index in [9.17, 15) is 14.7 Å². The van der Waals surface area contributed by atoms with Gasteiger partial charge in [0.15, 0.2) is 5.58 Å². The van der Waals surface area contributed by atoms with Crippen LogP contribution in [0.1, 0.15) is 45.4 Å². The van der Waals surface area contributed by atoms with E-state index in [0.29, 0.717) is 25.1 Å². The summed E-state index contributed by atoms with van der Waals surface area (Å²) >= 11 is 0. The molecule has 0 bridgehead atoms. The molecule has 0 unspecified atom stereocenters. The standard InChI is InChI=1S/C22H21NO4/c1-2-6-15-13-19(25)27-21-16(15)10-11-18(24)20(21)22(26)23-12-5-8-14-7-3-4-9-17(14)23/h3-4,7,9-11,13,24H,2,5-6,8,12H2,1H3/i10D,11D,13D. The molecule has 0 aliphatic carbocycles. The zero-order valence-electron chi connectivity index (χ0n) is 18.0. The second-order valence-corrected chi connectivity index (χ2v) is 6.61. The lowest BCUT2D eigenvalue weighted by Gasteiger charge is -2.29. The van der Waals surface area contributed by atoms with Gasteiger partial charge in [-0.2, -0.15) is 0 Å². The van der Waals surface area contributed by atoms with Gasteiger partial charge < -0.3 is 14.4 Å². The Morgan fingerprint density at radius 2 is 2.15 bits per heavy atom. The van der Waals surface area contributed by atoms with Crippen molar-refractivity contribution in [3.8, 4) is 5.75 Å². The van der Waals surface area contributed by atoms with Gasteiger partial charge in [0, 0.05) is 23.7 Å². The van der Waals surface area contributed by atoms with Crippen LogP contribution in [0.3, 0.4) is 0 Å². The molecule has 1 aromatic heterocycles. The third kappa shape index (κ3) is 2.99. The second-order valence-electron chi connectivity index (χ2n) is 6.61. The molecule has 2 heterocycles. The number of amides is 1. The number of fused-ring (bicyclic) bond motifs is 2. The third-order valence-electron chi connectivity index (χ3n) is 4.82. The fourth-order valence-corrected chi connectivity index (χ4v) is 3.61. The molecule has 2 aromatic carbocycles. The number of aromatic hydroxyl groups is 1. The van der Waals surface area contributed by atoms with Gasteiger partial charge in [-0.1, -0.05) is 31.5 Å². The van der Waals surface area contributed by atoms with Crippen LogP contribution in [-0.2, 0) is 12.8 Å². The minimum atomic E-state index is -0.935. The summed E-state index contributed by atoms with van der Waals surface area (Å²) < 4.78 is 29.8. The minimum Gasteiger partial charge on any atom is -0.507 e. The van der Waals surface area contributed by atoms with Gasteiger partial charge in [-0.25, -0.2) is 4.79 Å². The number of carbonyl (C=O) groups is 1. The second kappa shape index (κ2) is 6.91. The maximum Gasteiger partial charge on any atom is 0.336 e. The van der Waals surface area contributed by atoms with Crippen molar-refractivity contribution in [3.63, 3.8) is 0 Å². The van der Waals surface area contributed by atoms with E-state index in [1.165, 1.54) is 4.90 Å². The Balaban J connectivity index is 2.03. The maximum atomic E-state index is 13.5. The average molecular weight is 366 g/mol. The molecule has 0 atom stereocenters. The summed E-state index contributed by atoms with van der Waals surface area (Å²) in [5, 5.41) is 10.7. The molecule has 5 nitrogen and oxygen atoms in total. The number of hydrogen-bond acceptors (Lipinski definition) is 4. The molecule has 138 valence electrons. The molecule has 1 aliphatic heterocycles. The van der Waals surface area contributed by atoms with Crippen LogP contribution in [-0.4, -0.2) is 17.6 Å². The molecule has 4 rings (SSSR count). The van der Waals surface area contributed by atoms with E-state index in [0.717, 1.165) is 18.4 Å². The molecule has 3 aromatic rings. The number of aryl methyl sites for hydroxylation is 2. The summed E-state index contributed by atoms with van der Waals surface area (Å²) in [6, 6.07) is 6.18. The highest BCUT2D eigenvalue weighted by Gasteiger charge is 2.28. The smallest absolute Gasteiger partial charge is 0.336 e. The Labute approximate surface area is 161 Å². The van der Waals surface area contributed by atoms with Gasteiger partial charge >= 0.3 is 5.63 Å². The molecule has 1 amide bonds. The Hall–Kier alpha value is -3.08. The van der Waals surface area contributed by atoms with Crippen molar-refractivity contribution in [1.29, 1.82) is 0 Å². The van der Waals surface area contributed by atoms with Crippen LogP contribution in [0.4, 0.5) is 5.69 Å². The van der Waals surface area contributed by atoms with Gasteiger partial charge in [0.2, 0.25) is 0 Å². The molecule has 0 fully saturated rings. The van der Waals surface area contributed by atoms with Crippen molar-refractivity contribution in [2.24, 2.45) is 0 Å². The van der Waals surface area contributed by atoms with E-state index in [1.54, 1.807) is 0 Å². The van der Waals surface area contributed by atoms with Gasteiger partial charge in [0.05, 0.1) is 4.11 Å². The maximum absolute atomic E-state index is 13.5. The first-order chi connectivity index (χ1) is 14.4. The quantitative estimate of drug-likeness (QED) is 0.710. The summed E-state index contributed by atoms with van der Waals surface area (Å²) in [7, 11) is 0. The van der Waals surface area contributed by atoms with Crippen LogP contribution in [0, 0.1) is 0 Å². The number of nitrogens with zero attached hydrogens (tertiary/aromatic N) is 1. The van der Waals surface area contributed by atoms with E-state index in [-0.39, 0.29) is 34.2 Å². The zero-order valence-corrected chi connectivity index (χ0v) is 15.0.